The highest BCUT2D eigenvalue weighted by atomic mass is 16.7. The first-order valence-electron chi connectivity index (χ1n) is 33.1. The first-order valence-corrected chi connectivity index (χ1v) is 33.1. The van der Waals surface area contributed by atoms with Crippen LogP contribution in [0.1, 0.15) is 271 Å². The van der Waals surface area contributed by atoms with Gasteiger partial charge in [0, 0.05) is 12.8 Å². The van der Waals surface area contributed by atoms with Gasteiger partial charge >= 0.3 is 17.9 Å². The van der Waals surface area contributed by atoms with E-state index in [1.165, 1.54) is 154 Å². The molecule has 0 aromatic rings. The highest BCUT2D eigenvalue weighted by Gasteiger charge is 2.25. The van der Waals surface area contributed by atoms with Gasteiger partial charge in [-0.2, -0.15) is 0 Å². The van der Waals surface area contributed by atoms with Gasteiger partial charge in [0.15, 0.2) is 6.10 Å². The maximum absolute atomic E-state index is 12.9. The van der Waals surface area contributed by atoms with E-state index >= 15 is 0 Å². The second-order valence-electron chi connectivity index (χ2n) is 23.1. The van der Waals surface area contributed by atoms with Crippen molar-refractivity contribution in [2.24, 2.45) is 0 Å². The lowest BCUT2D eigenvalue weighted by atomic mass is 10.0. The molecule has 0 rings (SSSR count). The minimum atomic E-state index is -1.53. The van der Waals surface area contributed by atoms with Crippen molar-refractivity contribution in [3.8, 4) is 0 Å². The summed E-state index contributed by atoms with van der Waals surface area (Å²) in [6.45, 7) is 4.72. The summed E-state index contributed by atoms with van der Waals surface area (Å²) in [6, 6.07) is 0. The molecule has 464 valence electrons. The van der Waals surface area contributed by atoms with E-state index in [4.69, 9.17) is 18.9 Å². The summed E-state index contributed by atoms with van der Waals surface area (Å²) < 4.78 is 22.9. The molecule has 0 aliphatic rings. The number of carboxylic acids is 1. The first kappa shape index (κ1) is 77.0. The van der Waals surface area contributed by atoms with Gasteiger partial charge in [-0.05, 0) is 77.0 Å². The Bertz CT molecular complexity index is 1700. The number of aliphatic carboxylic acids is 1. The second-order valence-corrected chi connectivity index (χ2v) is 23.1. The van der Waals surface area contributed by atoms with E-state index in [2.05, 4.69) is 123 Å². The molecule has 2 atom stereocenters. The topological polar surface area (TPSA) is 108 Å². The summed E-state index contributed by atoms with van der Waals surface area (Å²) in [5.41, 5.74) is 0. The molecule has 0 fully saturated rings. The predicted molar refractivity (Wildman–Crippen MR) is 345 cm³/mol. The Morgan fingerprint density at radius 3 is 1.04 bits per heavy atom. The lowest BCUT2D eigenvalue weighted by molar-refractivity contribution is -0.870. The Hall–Kier alpha value is -4.05. The van der Waals surface area contributed by atoms with E-state index in [1.54, 1.807) is 0 Å². The van der Waals surface area contributed by atoms with Crippen LogP contribution in [-0.2, 0) is 33.3 Å². The lowest BCUT2D eigenvalue weighted by Gasteiger charge is -2.25. The van der Waals surface area contributed by atoms with E-state index in [0.29, 0.717) is 23.9 Å². The number of quaternary nitrogens is 1. The molecule has 0 aromatic heterocycles. The second kappa shape index (κ2) is 62.0. The van der Waals surface area contributed by atoms with E-state index in [-0.39, 0.29) is 38.6 Å². The average Bonchev–Trinajstić information content (AvgIpc) is 3.44. The summed E-state index contributed by atoms with van der Waals surface area (Å²) >= 11 is 0. The summed E-state index contributed by atoms with van der Waals surface area (Å²) in [6.07, 6.45) is 83.5. The van der Waals surface area contributed by atoms with Crippen molar-refractivity contribution in [2.75, 3.05) is 47.5 Å². The highest BCUT2D eigenvalue weighted by Crippen LogP contribution is 2.17. The van der Waals surface area contributed by atoms with Crippen LogP contribution in [0.15, 0.2) is 109 Å². The Labute approximate surface area is 498 Å². The molecule has 0 saturated carbocycles. The molecule has 0 bridgehead atoms. The normalized spacial score (nSPS) is 13.4. The van der Waals surface area contributed by atoms with Crippen LogP contribution in [0, 0.1) is 0 Å². The third kappa shape index (κ3) is 63.4. The molecule has 0 aliphatic heterocycles. The quantitative estimate of drug-likeness (QED) is 0.0211. The van der Waals surface area contributed by atoms with Gasteiger partial charge in [-0.3, -0.25) is 9.59 Å². The van der Waals surface area contributed by atoms with Crippen LogP contribution < -0.4 is 0 Å². The average molecular weight is 1130 g/mol. The fourth-order valence-electron chi connectivity index (χ4n) is 9.02. The number of carbonyl (C=O) groups excluding carboxylic acids is 2. The van der Waals surface area contributed by atoms with Gasteiger partial charge in [0.2, 0.25) is 0 Å². The lowest BCUT2D eigenvalue weighted by Crippen LogP contribution is -2.40. The zero-order valence-corrected chi connectivity index (χ0v) is 52.9. The number of unbranched alkanes of at least 4 members (excludes halogenated alkanes) is 27. The molecule has 9 nitrogen and oxygen atoms in total. The monoisotopic (exact) mass is 1130 g/mol. The molecule has 81 heavy (non-hydrogen) atoms. The zero-order chi connectivity index (χ0) is 59.1. The van der Waals surface area contributed by atoms with Gasteiger partial charge in [-0.25, -0.2) is 4.79 Å². The molecule has 2 unspecified atom stereocenters. The molecule has 0 aliphatic carbocycles. The summed E-state index contributed by atoms with van der Waals surface area (Å²) in [5.74, 6) is -2.09. The van der Waals surface area contributed by atoms with Crippen molar-refractivity contribution < 1.29 is 42.9 Å². The van der Waals surface area contributed by atoms with E-state index < -0.39 is 24.3 Å². The van der Waals surface area contributed by atoms with E-state index in [1.807, 2.05) is 21.1 Å². The van der Waals surface area contributed by atoms with Crippen molar-refractivity contribution in [3.63, 3.8) is 0 Å². The fraction of sp³-hybridized carbons (Fsp3) is 0.708. The summed E-state index contributed by atoms with van der Waals surface area (Å²) in [5, 5.41) is 9.73. The number of likely N-dealkylation sites (N-methyl/N-ethyl adjacent to an activating group) is 1. The standard InChI is InChI=1S/C72H123NO8/c1-6-8-10-12-14-16-18-20-22-24-26-28-30-32-34-35-37-39-41-43-45-47-49-51-53-55-57-59-61-63-70(75)81-68(67-80-72(71(76)77)78-65-64-73(3,4)5)66-79-69(74)62-60-58-56-54-52-50-48-46-44-42-40-38-36-33-31-29-27-25-23-21-19-17-15-13-11-9-7-2/h8,10,14,16,20,22,26,28,32,34,37,39,43,45,49,51,55,57,68,72H,6-7,9,11-13,15,17-19,21,23-25,27,29-31,33,35-36,38,40-42,44,46-48,50,52-54,56,58-67H2,1-5H3/p+1/b10-8-,16-14-,22-20-,28-26-,34-32-,39-37-,45-43-,51-49-,57-55-. The van der Waals surface area contributed by atoms with Crippen molar-refractivity contribution in [1.29, 1.82) is 0 Å². The third-order valence-corrected chi connectivity index (χ3v) is 14.0. The molecular weight excluding hydrogens is 1010 g/mol. The molecule has 0 aromatic carbocycles. The number of ether oxygens (including phenoxy) is 4. The molecule has 9 heteroatoms. The van der Waals surface area contributed by atoms with E-state index in [9.17, 15) is 19.5 Å². The van der Waals surface area contributed by atoms with Gasteiger partial charge in [0.25, 0.3) is 6.29 Å². The van der Waals surface area contributed by atoms with Crippen molar-refractivity contribution in [2.45, 2.75) is 283 Å². The van der Waals surface area contributed by atoms with Crippen molar-refractivity contribution >= 4 is 17.9 Å². The largest absolute Gasteiger partial charge is 0.477 e. The highest BCUT2D eigenvalue weighted by molar-refractivity contribution is 5.71. The minimum absolute atomic E-state index is 0.172. The number of hydrogen-bond acceptors (Lipinski definition) is 7. The third-order valence-electron chi connectivity index (χ3n) is 14.0. The Morgan fingerprint density at radius 1 is 0.383 bits per heavy atom. The SMILES string of the molecule is CC/C=C\C/C=C\C/C=C\C/C=C\C/C=C\C/C=C\C/C=C\C/C=C\C/C=C\CCCC(=O)OC(COC(=O)CCCCCCCCCCCCCCCCCCCCCCCCCCCCC)COC(OCC[N+](C)(C)C)C(=O)O. The first-order chi connectivity index (χ1) is 39.6. The van der Waals surface area contributed by atoms with Crippen LogP contribution in [0.25, 0.3) is 0 Å². The molecule has 0 radical (unpaired) electrons. The number of esters is 2. The van der Waals surface area contributed by atoms with Crippen molar-refractivity contribution in [1.82, 2.24) is 0 Å². The van der Waals surface area contributed by atoms with Gasteiger partial charge in [0.1, 0.15) is 13.2 Å². The van der Waals surface area contributed by atoms with Crippen LogP contribution in [0.5, 0.6) is 0 Å². The predicted octanol–water partition coefficient (Wildman–Crippen LogP) is 20.2. The summed E-state index contributed by atoms with van der Waals surface area (Å²) in [7, 11) is 5.95. The maximum Gasteiger partial charge on any atom is 0.361 e. The fourth-order valence-corrected chi connectivity index (χ4v) is 9.02. The minimum Gasteiger partial charge on any atom is -0.477 e. The molecule has 0 saturated heterocycles. The Morgan fingerprint density at radius 2 is 0.704 bits per heavy atom. The molecular formula is C72H124NO8+. The van der Waals surface area contributed by atoms with Crippen LogP contribution in [-0.4, -0.2) is 87.4 Å². The van der Waals surface area contributed by atoms with Crippen LogP contribution in [0.2, 0.25) is 0 Å². The summed E-state index contributed by atoms with van der Waals surface area (Å²) in [4.78, 5) is 37.5. The Kier molecular flexibility index (Phi) is 58.9. The van der Waals surface area contributed by atoms with Crippen molar-refractivity contribution in [3.05, 3.63) is 109 Å². The number of rotatable bonds is 60. The molecule has 0 heterocycles. The Balaban J connectivity index is 4.27. The molecule has 0 spiro atoms. The number of allylic oxidation sites excluding steroid dienone is 18. The number of hydrogen-bond donors (Lipinski definition) is 1. The maximum atomic E-state index is 12.9. The van der Waals surface area contributed by atoms with E-state index in [0.717, 1.165) is 77.0 Å². The number of carboxylic acid groups (broad SMARTS) is 1. The smallest absolute Gasteiger partial charge is 0.361 e. The molecule has 1 N–H and O–H groups in total. The zero-order valence-electron chi connectivity index (χ0n) is 52.9. The van der Waals surface area contributed by atoms with Crippen LogP contribution in [0.4, 0.5) is 0 Å². The van der Waals surface area contributed by atoms with Gasteiger partial charge in [-0.15, -0.1) is 0 Å². The van der Waals surface area contributed by atoms with Crippen LogP contribution >= 0.6 is 0 Å². The number of nitrogens with zero attached hydrogens (tertiary/aromatic N) is 1. The van der Waals surface area contributed by atoms with Gasteiger partial charge in [0.05, 0.1) is 34.4 Å². The number of carbonyl (C=O) groups is 3. The van der Waals surface area contributed by atoms with Gasteiger partial charge < -0.3 is 28.5 Å². The van der Waals surface area contributed by atoms with Crippen LogP contribution in [0.3, 0.4) is 0 Å². The van der Waals surface area contributed by atoms with Gasteiger partial charge in [-0.1, -0.05) is 290 Å². The molecule has 0 amide bonds.